The predicted octanol–water partition coefficient (Wildman–Crippen LogP) is 2.45. The third kappa shape index (κ3) is 2.12. The van der Waals surface area contributed by atoms with Gasteiger partial charge in [0.25, 0.3) is 5.91 Å². The summed E-state index contributed by atoms with van der Waals surface area (Å²) < 4.78 is 17.0. The summed E-state index contributed by atoms with van der Waals surface area (Å²) in [5.74, 6) is 0.356. The second kappa shape index (κ2) is 5.41. The number of hydrogen-bond donors (Lipinski definition) is 0. The molecule has 2 aromatic rings. The Labute approximate surface area is 128 Å². The van der Waals surface area contributed by atoms with Crippen LogP contribution in [0.5, 0.6) is 0 Å². The molecule has 2 aliphatic heterocycles. The van der Waals surface area contributed by atoms with Gasteiger partial charge in [0, 0.05) is 25.6 Å². The number of benzene rings is 1. The number of rotatable bonds is 2. The second-order valence-corrected chi connectivity index (χ2v) is 5.90. The lowest BCUT2D eigenvalue weighted by atomic mass is 9.95. The maximum absolute atomic E-state index is 12.8. The van der Waals surface area contributed by atoms with Crippen LogP contribution in [0.25, 0.3) is 11.0 Å². The summed E-state index contributed by atoms with van der Waals surface area (Å²) in [7, 11) is 1.71. The van der Waals surface area contributed by atoms with E-state index in [0.29, 0.717) is 18.9 Å². The zero-order valence-electron chi connectivity index (χ0n) is 12.5. The van der Waals surface area contributed by atoms with Crippen molar-refractivity contribution in [3.05, 3.63) is 36.1 Å². The van der Waals surface area contributed by atoms with Crippen LogP contribution in [0, 0.1) is 0 Å². The molecule has 2 saturated heterocycles. The molecule has 0 unspecified atom stereocenters. The van der Waals surface area contributed by atoms with Gasteiger partial charge in [0.15, 0.2) is 5.76 Å². The van der Waals surface area contributed by atoms with E-state index in [2.05, 4.69) is 0 Å². The van der Waals surface area contributed by atoms with E-state index in [0.717, 1.165) is 23.8 Å². The molecule has 5 heteroatoms. The first-order valence-corrected chi connectivity index (χ1v) is 7.72. The van der Waals surface area contributed by atoms with Crippen LogP contribution in [-0.2, 0) is 9.47 Å². The summed E-state index contributed by atoms with van der Waals surface area (Å²) in [6.07, 6.45) is 1.71. The normalized spacial score (nSPS) is 28.0. The Hall–Kier alpha value is -1.85. The van der Waals surface area contributed by atoms with E-state index in [9.17, 15) is 4.79 Å². The third-order valence-corrected chi connectivity index (χ3v) is 4.72. The monoisotopic (exact) mass is 301 g/mol. The molecular weight excluding hydrogens is 282 g/mol. The molecule has 4 rings (SSSR count). The van der Waals surface area contributed by atoms with Gasteiger partial charge in [-0.25, -0.2) is 0 Å². The third-order valence-electron chi connectivity index (χ3n) is 4.72. The number of nitrogens with zero attached hydrogens (tertiary/aromatic N) is 1. The molecule has 1 aromatic heterocycles. The molecular formula is C17H19NO4. The van der Waals surface area contributed by atoms with Crippen molar-refractivity contribution in [1.82, 2.24) is 4.90 Å². The van der Waals surface area contributed by atoms with Crippen molar-refractivity contribution >= 4 is 16.9 Å². The van der Waals surface area contributed by atoms with Gasteiger partial charge < -0.3 is 18.8 Å². The zero-order chi connectivity index (χ0) is 15.1. The highest BCUT2D eigenvalue weighted by molar-refractivity contribution is 5.96. The minimum atomic E-state index is -0.0498. The van der Waals surface area contributed by atoms with Crippen LogP contribution >= 0.6 is 0 Å². The summed E-state index contributed by atoms with van der Waals surface area (Å²) in [5.41, 5.74) is 0.747. The van der Waals surface area contributed by atoms with Crippen LogP contribution in [0.15, 0.2) is 34.7 Å². The maximum atomic E-state index is 12.8. The minimum absolute atomic E-state index is 0.0212. The van der Waals surface area contributed by atoms with Crippen molar-refractivity contribution in [3.63, 3.8) is 0 Å². The van der Waals surface area contributed by atoms with Crippen molar-refractivity contribution < 1.29 is 18.7 Å². The van der Waals surface area contributed by atoms with Gasteiger partial charge in [-0.15, -0.1) is 0 Å². The summed E-state index contributed by atoms with van der Waals surface area (Å²) in [4.78, 5) is 14.7. The number of furan rings is 1. The molecule has 0 bridgehead atoms. The van der Waals surface area contributed by atoms with E-state index < -0.39 is 0 Å². The molecule has 3 atom stereocenters. The first-order valence-electron chi connectivity index (χ1n) is 7.72. The van der Waals surface area contributed by atoms with E-state index in [1.54, 1.807) is 7.11 Å². The summed E-state index contributed by atoms with van der Waals surface area (Å²) in [6, 6.07) is 9.59. The Balaban J connectivity index is 1.62. The molecule has 1 aromatic carbocycles. The van der Waals surface area contributed by atoms with Gasteiger partial charge >= 0.3 is 0 Å². The number of carbonyl (C=O) groups excluding carboxylic acids is 1. The lowest BCUT2D eigenvalue weighted by Gasteiger charge is -2.40. The lowest BCUT2D eigenvalue weighted by molar-refractivity contribution is -0.0757. The topological polar surface area (TPSA) is 51.9 Å². The Kier molecular flexibility index (Phi) is 3.39. The van der Waals surface area contributed by atoms with E-state index in [-0.39, 0.29) is 24.2 Å². The first-order chi connectivity index (χ1) is 10.8. The second-order valence-electron chi connectivity index (χ2n) is 5.90. The Bertz CT molecular complexity index is 662. The van der Waals surface area contributed by atoms with Crippen molar-refractivity contribution in [3.8, 4) is 0 Å². The van der Waals surface area contributed by atoms with E-state index in [4.69, 9.17) is 13.9 Å². The number of fused-ring (bicyclic) bond motifs is 2. The van der Waals surface area contributed by atoms with Gasteiger partial charge in [-0.3, -0.25) is 4.79 Å². The van der Waals surface area contributed by atoms with Gasteiger partial charge in [-0.2, -0.15) is 0 Å². The highest BCUT2D eigenvalue weighted by Crippen LogP contribution is 2.32. The highest BCUT2D eigenvalue weighted by Gasteiger charge is 2.44. The molecule has 2 fully saturated rings. The molecule has 0 aliphatic carbocycles. The number of likely N-dealkylation sites (tertiary alicyclic amines) is 1. The molecule has 3 heterocycles. The molecule has 0 radical (unpaired) electrons. The van der Waals surface area contributed by atoms with Gasteiger partial charge in [0.05, 0.1) is 12.1 Å². The van der Waals surface area contributed by atoms with Crippen molar-refractivity contribution in [2.45, 2.75) is 31.1 Å². The number of piperidine rings is 1. The van der Waals surface area contributed by atoms with Crippen LogP contribution in [0.4, 0.5) is 0 Å². The number of hydrogen-bond acceptors (Lipinski definition) is 4. The van der Waals surface area contributed by atoms with Crippen LogP contribution in [0.2, 0.25) is 0 Å². The van der Waals surface area contributed by atoms with Gasteiger partial charge in [0.2, 0.25) is 0 Å². The zero-order valence-corrected chi connectivity index (χ0v) is 12.5. The molecule has 116 valence electrons. The molecule has 1 amide bonds. The molecule has 22 heavy (non-hydrogen) atoms. The number of para-hydroxylation sites is 1. The van der Waals surface area contributed by atoms with Gasteiger partial charge in [0.1, 0.15) is 11.7 Å². The van der Waals surface area contributed by atoms with E-state index >= 15 is 0 Å². The summed E-state index contributed by atoms with van der Waals surface area (Å²) in [5, 5.41) is 0.955. The standard InChI is InChI=1S/C17H19NO4/c1-20-14-6-8-18(12-7-9-21-16(12)14)17(19)15-10-11-4-2-3-5-13(11)22-15/h2-5,10,12,14,16H,6-9H2,1H3/t12-,14-,16-/m1/s1. The Morgan fingerprint density at radius 1 is 1.32 bits per heavy atom. The smallest absolute Gasteiger partial charge is 0.289 e. The fourth-order valence-corrected chi connectivity index (χ4v) is 3.62. The van der Waals surface area contributed by atoms with E-state index in [1.165, 1.54) is 0 Å². The Morgan fingerprint density at radius 2 is 2.18 bits per heavy atom. The van der Waals surface area contributed by atoms with Crippen molar-refractivity contribution in [2.75, 3.05) is 20.3 Å². The van der Waals surface area contributed by atoms with Crippen LogP contribution < -0.4 is 0 Å². The molecule has 0 spiro atoms. The molecule has 5 nitrogen and oxygen atoms in total. The van der Waals surface area contributed by atoms with Crippen molar-refractivity contribution in [2.24, 2.45) is 0 Å². The Morgan fingerprint density at radius 3 is 3.00 bits per heavy atom. The average Bonchev–Trinajstić information content (AvgIpc) is 3.19. The number of amides is 1. The number of methoxy groups -OCH3 is 1. The average molecular weight is 301 g/mol. The largest absolute Gasteiger partial charge is 0.451 e. The summed E-state index contributed by atoms with van der Waals surface area (Å²) in [6.45, 7) is 1.36. The summed E-state index contributed by atoms with van der Waals surface area (Å²) >= 11 is 0. The number of ether oxygens (including phenoxy) is 2. The lowest BCUT2D eigenvalue weighted by Crippen LogP contribution is -2.55. The van der Waals surface area contributed by atoms with Gasteiger partial charge in [-0.05, 0) is 25.0 Å². The van der Waals surface area contributed by atoms with E-state index in [1.807, 2.05) is 35.2 Å². The highest BCUT2D eigenvalue weighted by atomic mass is 16.5. The maximum Gasteiger partial charge on any atom is 0.289 e. The van der Waals surface area contributed by atoms with Crippen LogP contribution in [0.1, 0.15) is 23.4 Å². The SMILES string of the molecule is CO[C@@H]1CCN(C(=O)c2cc3ccccc3o2)[C@@H]2CCO[C@H]21. The van der Waals surface area contributed by atoms with Gasteiger partial charge in [-0.1, -0.05) is 18.2 Å². The first kappa shape index (κ1) is 13.8. The fourth-order valence-electron chi connectivity index (χ4n) is 3.62. The molecule has 2 aliphatic rings. The fraction of sp³-hybridized carbons (Fsp3) is 0.471. The molecule has 0 saturated carbocycles. The molecule has 0 N–H and O–H groups in total. The predicted molar refractivity (Wildman–Crippen MR) is 80.8 cm³/mol. The van der Waals surface area contributed by atoms with Crippen LogP contribution in [-0.4, -0.2) is 49.3 Å². The quantitative estimate of drug-likeness (QED) is 0.855. The minimum Gasteiger partial charge on any atom is -0.451 e. The van der Waals surface area contributed by atoms with Crippen LogP contribution in [0.3, 0.4) is 0 Å². The van der Waals surface area contributed by atoms with Crippen molar-refractivity contribution in [1.29, 1.82) is 0 Å². The number of carbonyl (C=O) groups is 1.